The van der Waals surface area contributed by atoms with E-state index in [0.717, 1.165) is 18.3 Å². The molecule has 0 saturated carbocycles. The first-order chi connectivity index (χ1) is 5.00. The van der Waals surface area contributed by atoms with Crippen LogP contribution in [-0.4, -0.2) is 4.98 Å². The number of halogens is 4. The lowest BCUT2D eigenvalue weighted by molar-refractivity contribution is -0.137. The Kier molecular flexibility index (Phi) is 2.04. The average molecular weight is 181 g/mol. The van der Waals surface area contributed by atoms with E-state index in [2.05, 4.69) is 4.98 Å². The summed E-state index contributed by atoms with van der Waals surface area (Å²) in [6.45, 7) is 0. The highest BCUT2D eigenvalue weighted by atomic mass is 35.5. The molecule has 1 aromatic heterocycles. The highest BCUT2D eigenvalue weighted by Crippen LogP contribution is 2.29. The number of pyridine rings is 1. The van der Waals surface area contributed by atoms with Crippen LogP contribution in [0.25, 0.3) is 0 Å². The predicted molar refractivity (Wildman–Crippen MR) is 34.2 cm³/mol. The molecule has 0 bridgehead atoms. The monoisotopic (exact) mass is 180 g/mol. The van der Waals surface area contributed by atoms with Crippen LogP contribution in [0.3, 0.4) is 0 Å². The first-order valence-corrected chi connectivity index (χ1v) is 3.07. The molecule has 0 aliphatic heterocycles. The molecule has 11 heavy (non-hydrogen) atoms. The van der Waals surface area contributed by atoms with Crippen molar-refractivity contribution < 1.29 is 13.2 Å². The van der Waals surface area contributed by atoms with Gasteiger partial charge in [0.1, 0.15) is 5.15 Å². The molecule has 0 spiro atoms. The van der Waals surface area contributed by atoms with Crippen LogP contribution in [0.15, 0.2) is 18.3 Å². The molecule has 60 valence electrons. The lowest BCUT2D eigenvalue weighted by Gasteiger charge is -2.04. The Labute approximate surface area is 65.8 Å². The van der Waals surface area contributed by atoms with Crippen LogP contribution in [0.2, 0.25) is 5.15 Å². The molecule has 0 fully saturated rings. The van der Waals surface area contributed by atoms with Crippen LogP contribution in [-0.2, 0) is 6.18 Å². The second-order valence-corrected chi connectivity index (χ2v) is 2.25. The third kappa shape index (κ3) is 2.08. The zero-order valence-corrected chi connectivity index (χ0v) is 5.95. The van der Waals surface area contributed by atoms with E-state index in [0.29, 0.717) is 0 Å². The van der Waals surface area contributed by atoms with Gasteiger partial charge in [-0.25, -0.2) is 4.98 Å². The lowest BCUT2D eigenvalue weighted by Crippen LogP contribution is -2.04. The molecule has 0 aromatic carbocycles. The fourth-order valence-electron chi connectivity index (χ4n) is 0.579. The number of hydrogen-bond donors (Lipinski definition) is 0. The van der Waals surface area contributed by atoms with Crippen LogP contribution in [0.4, 0.5) is 13.2 Å². The normalized spacial score (nSPS) is 11.6. The van der Waals surface area contributed by atoms with E-state index >= 15 is 0 Å². The van der Waals surface area contributed by atoms with Crippen molar-refractivity contribution in [2.45, 2.75) is 6.18 Å². The Balaban J connectivity index is 3.06. The zero-order valence-electron chi connectivity index (χ0n) is 5.19. The van der Waals surface area contributed by atoms with Gasteiger partial charge in [-0.15, -0.1) is 0 Å². The molecule has 5 heteroatoms. The number of aromatic nitrogens is 1. The molecule has 1 rings (SSSR count). The Morgan fingerprint density at radius 3 is 2.36 bits per heavy atom. The summed E-state index contributed by atoms with van der Waals surface area (Å²) in [7, 11) is 0. The summed E-state index contributed by atoms with van der Waals surface area (Å²) in [5.74, 6) is 0. The Morgan fingerprint density at radius 2 is 2.00 bits per heavy atom. The van der Waals surface area contributed by atoms with E-state index in [-0.39, 0.29) is 5.15 Å². The molecule has 1 aromatic rings. The maximum atomic E-state index is 11.9. The fraction of sp³-hybridized carbons (Fsp3) is 0.167. The quantitative estimate of drug-likeness (QED) is 0.560. The summed E-state index contributed by atoms with van der Waals surface area (Å²) >= 11 is 5.24. The van der Waals surface area contributed by atoms with Crippen molar-refractivity contribution >= 4 is 11.6 Å². The predicted octanol–water partition coefficient (Wildman–Crippen LogP) is 2.75. The topological polar surface area (TPSA) is 12.9 Å². The van der Waals surface area contributed by atoms with Crippen molar-refractivity contribution in [3.05, 3.63) is 29.0 Å². The van der Waals surface area contributed by atoms with Gasteiger partial charge in [-0.1, -0.05) is 11.6 Å². The maximum Gasteiger partial charge on any atom is 0.416 e. The molecule has 1 heterocycles. The summed E-state index contributed by atoms with van der Waals surface area (Å²) in [5, 5.41) is -0.153. The molecule has 0 aliphatic carbocycles. The van der Waals surface area contributed by atoms with Crippen molar-refractivity contribution in [1.29, 1.82) is 0 Å². The zero-order chi connectivity index (χ0) is 8.48. The first kappa shape index (κ1) is 8.33. The molecule has 0 saturated heterocycles. The van der Waals surface area contributed by atoms with Gasteiger partial charge in [0, 0.05) is 6.20 Å². The van der Waals surface area contributed by atoms with Crippen molar-refractivity contribution in [1.82, 2.24) is 4.98 Å². The Morgan fingerprint density at radius 1 is 1.36 bits per heavy atom. The Bertz CT molecular complexity index is 258. The molecular weight excluding hydrogens is 178 g/mol. The highest BCUT2D eigenvalue weighted by Gasteiger charge is 2.30. The van der Waals surface area contributed by atoms with E-state index in [4.69, 9.17) is 11.6 Å². The van der Waals surface area contributed by atoms with Crippen molar-refractivity contribution in [3.63, 3.8) is 0 Å². The number of alkyl halides is 3. The molecule has 0 amide bonds. The maximum absolute atomic E-state index is 11.9. The Hall–Kier alpha value is -0.770. The summed E-state index contributed by atoms with van der Waals surface area (Å²) in [6, 6.07) is 1.65. The van der Waals surface area contributed by atoms with E-state index in [9.17, 15) is 13.2 Å². The smallest absolute Gasteiger partial charge is 0.245 e. The van der Waals surface area contributed by atoms with Gasteiger partial charge in [0.25, 0.3) is 0 Å². The lowest BCUT2D eigenvalue weighted by atomic mass is 10.3. The van der Waals surface area contributed by atoms with E-state index in [1.807, 2.05) is 0 Å². The summed E-state index contributed by atoms with van der Waals surface area (Å²) in [6.07, 6.45) is -3.32. The van der Waals surface area contributed by atoms with E-state index in [1.165, 1.54) is 0 Å². The summed E-state index contributed by atoms with van der Waals surface area (Å²) in [4.78, 5) is 3.42. The molecular formula is C6H3ClF3N. The summed E-state index contributed by atoms with van der Waals surface area (Å²) < 4.78 is 35.6. The molecule has 0 unspecified atom stereocenters. The van der Waals surface area contributed by atoms with Crippen LogP contribution in [0.1, 0.15) is 5.56 Å². The molecule has 0 N–H and O–H groups in total. The van der Waals surface area contributed by atoms with Gasteiger partial charge in [-0.05, 0) is 12.1 Å². The third-order valence-electron chi connectivity index (χ3n) is 1.05. The molecule has 0 aliphatic rings. The minimum atomic E-state index is -4.34. The van der Waals surface area contributed by atoms with Gasteiger partial charge in [-0.2, -0.15) is 13.2 Å². The van der Waals surface area contributed by atoms with Gasteiger partial charge < -0.3 is 0 Å². The number of nitrogens with zero attached hydrogens (tertiary/aromatic N) is 1. The van der Waals surface area contributed by atoms with E-state index in [1.54, 1.807) is 0 Å². The molecule has 0 atom stereocenters. The SMILES string of the molecule is FC(F)([18F])c1ccnc(Cl)c1. The van der Waals surface area contributed by atoms with Gasteiger partial charge >= 0.3 is 6.18 Å². The molecule has 0 radical (unpaired) electrons. The van der Waals surface area contributed by atoms with Crippen LogP contribution >= 0.6 is 11.6 Å². The second kappa shape index (κ2) is 2.70. The summed E-state index contributed by atoms with van der Waals surface area (Å²) in [5.41, 5.74) is -0.780. The van der Waals surface area contributed by atoms with Crippen LogP contribution in [0.5, 0.6) is 0 Å². The highest BCUT2D eigenvalue weighted by molar-refractivity contribution is 6.29. The first-order valence-electron chi connectivity index (χ1n) is 2.69. The van der Waals surface area contributed by atoms with Gasteiger partial charge in [-0.3, -0.25) is 0 Å². The van der Waals surface area contributed by atoms with Crippen molar-refractivity contribution in [3.8, 4) is 0 Å². The van der Waals surface area contributed by atoms with Crippen LogP contribution < -0.4 is 0 Å². The second-order valence-electron chi connectivity index (χ2n) is 1.86. The average Bonchev–Trinajstić information content (AvgIpc) is 1.86. The number of rotatable bonds is 0. The van der Waals surface area contributed by atoms with Gasteiger partial charge in [0.2, 0.25) is 0 Å². The minimum absolute atomic E-state index is 0.153. The largest absolute Gasteiger partial charge is 0.416 e. The van der Waals surface area contributed by atoms with E-state index < -0.39 is 11.7 Å². The van der Waals surface area contributed by atoms with Gasteiger partial charge in [0.15, 0.2) is 0 Å². The third-order valence-corrected chi connectivity index (χ3v) is 1.26. The minimum Gasteiger partial charge on any atom is -0.245 e. The van der Waals surface area contributed by atoms with Crippen molar-refractivity contribution in [2.24, 2.45) is 0 Å². The van der Waals surface area contributed by atoms with Crippen LogP contribution in [0, 0.1) is 0 Å². The van der Waals surface area contributed by atoms with Gasteiger partial charge in [0.05, 0.1) is 5.56 Å². The number of hydrogen-bond acceptors (Lipinski definition) is 1. The molecule has 1 nitrogen and oxygen atoms in total. The standard InChI is InChI=1S/C6H3ClF3N/c7-5-3-4(1-2-11-5)6(8,9)10/h1-3H/i8-1. The van der Waals surface area contributed by atoms with Crippen molar-refractivity contribution in [2.75, 3.05) is 0 Å². The fourth-order valence-corrected chi connectivity index (χ4v) is 0.753.